The summed E-state index contributed by atoms with van der Waals surface area (Å²) < 4.78 is 34.1. The van der Waals surface area contributed by atoms with Gasteiger partial charge in [-0.25, -0.2) is 0 Å². The number of benzene rings is 20. The third kappa shape index (κ3) is 11.2. The Bertz CT molecular complexity index is 10200. The minimum Gasteiger partial charge on any atom is -0.456 e. The number of nitrogens with zero attached hydrogens (tertiary/aromatic N) is 3. The van der Waals surface area contributed by atoms with Crippen molar-refractivity contribution in [1.29, 1.82) is 0 Å². The van der Waals surface area contributed by atoms with Crippen molar-refractivity contribution in [2.24, 2.45) is 0 Å². The van der Waals surface area contributed by atoms with Crippen molar-refractivity contribution in [3.63, 3.8) is 0 Å². The fourth-order valence-electron chi connectivity index (χ4n) is 23.2. The molecule has 0 atom stereocenters. The Labute approximate surface area is 786 Å². The monoisotopic (exact) mass is 1780 g/mol. The average Bonchev–Trinajstić information content (AvgIpc) is 1.55. The molecule has 9 heteroatoms. The summed E-state index contributed by atoms with van der Waals surface area (Å²) in [5, 5.41) is 22.7. The van der Waals surface area contributed by atoms with Gasteiger partial charge in [0.25, 0.3) is 0 Å². The maximum absolute atomic E-state index is 6.45. The van der Waals surface area contributed by atoms with E-state index >= 15 is 0 Å². The molecule has 20 aromatic carbocycles. The maximum Gasteiger partial charge on any atom is 0.143 e. The first-order valence-corrected chi connectivity index (χ1v) is 48.8. The minimum absolute atomic E-state index is 0.158. The maximum atomic E-state index is 6.45. The van der Waals surface area contributed by atoms with Gasteiger partial charge in [0.15, 0.2) is 0 Å². The van der Waals surface area contributed by atoms with E-state index in [1.165, 1.54) is 215 Å². The summed E-state index contributed by atoms with van der Waals surface area (Å²) in [5.41, 5.74) is 34.4. The van der Waals surface area contributed by atoms with Crippen LogP contribution in [-0.4, -0.2) is 13.7 Å². The fraction of sp³-hybridized carbons (Fsp3) is 0.0476. The lowest BCUT2D eigenvalue weighted by Crippen LogP contribution is -2.15. The first-order chi connectivity index (χ1) is 66.4. The third-order valence-corrected chi connectivity index (χ3v) is 33.2. The van der Waals surface area contributed by atoms with Gasteiger partial charge in [0.2, 0.25) is 0 Å². The zero-order valence-corrected chi connectivity index (χ0v) is 76.4. The summed E-state index contributed by atoms with van der Waals surface area (Å²) in [7, 11) is 0. The van der Waals surface area contributed by atoms with Gasteiger partial charge in [0.1, 0.15) is 33.5 Å². The molecule has 0 amide bonds. The largest absolute Gasteiger partial charge is 0.456 e. The van der Waals surface area contributed by atoms with Crippen LogP contribution in [0.1, 0.15) is 49.9 Å². The van der Waals surface area contributed by atoms with E-state index in [1.807, 2.05) is 64.3 Å². The first-order valence-electron chi connectivity index (χ1n) is 46.4. The highest BCUT2D eigenvalue weighted by molar-refractivity contribution is 7.27. The Balaban J connectivity index is 0.0000000990. The zero-order valence-electron chi connectivity index (χ0n) is 74.0. The SMILES string of the molecule is CC1(C)c2cc(-c3ccc4oc5ccccc5c4c3)ccc2-c2ccc(-n3c4ccccc4c4ccc5c6ccccc6sc5c43)cc21.CC1(C)c2cc(-c3cccc4c3oc3ccccc34)ccc2-c2ccc(-n3c4ccccc4c4ccc5c6ccccc6sc5c43)cc21.c1ccc2c(c1)oc1ccc(-c3ccc(-n4c5ccccc5c5ccc6c7ccccc7sc6c54)cc3)cc12. The highest BCUT2D eigenvalue weighted by atomic mass is 32.1. The summed E-state index contributed by atoms with van der Waals surface area (Å²) in [6, 6.07) is 148. The molecule has 135 heavy (non-hydrogen) atoms. The van der Waals surface area contributed by atoms with Crippen molar-refractivity contribution >= 4 is 226 Å². The molecule has 0 fully saturated rings. The van der Waals surface area contributed by atoms with Crippen molar-refractivity contribution in [2.45, 2.75) is 38.5 Å². The predicted molar refractivity (Wildman–Crippen MR) is 574 cm³/mol. The molecule has 6 nitrogen and oxygen atoms in total. The Morgan fingerprint density at radius 1 is 0.193 bits per heavy atom. The van der Waals surface area contributed by atoms with Crippen LogP contribution >= 0.6 is 34.0 Å². The molecular weight excluding hydrogens is 1700 g/mol. The summed E-state index contributed by atoms with van der Waals surface area (Å²) in [5.74, 6) is 0. The molecule has 29 aromatic rings. The molecule has 0 spiro atoms. The number of thiophene rings is 3. The Morgan fingerprint density at radius 2 is 0.496 bits per heavy atom. The predicted octanol–water partition coefficient (Wildman–Crippen LogP) is 36.8. The van der Waals surface area contributed by atoms with Gasteiger partial charge < -0.3 is 27.0 Å². The smallest absolute Gasteiger partial charge is 0.143 e. The highest BCUT2D eigenvalue weighted by Crippen LogP contribution is 2.56. The number of aromatic nitrogens is 3. The Kier molecular flexibility index (Phi) is 16.3. The zero-order chi connectivity index (χ0) is 89.0. The van der Waals surface area contributed by atoms with E-state index in [9.17, 15) is 0 Å². The molecule has 2 aliphatic carbocycles. The minimum atomic E-state index is -0.176. The van der Waals surface area contributed by atoms with E-state index in [2.05, 4.69) is 418 Å². The average molecular weight is 1780 g/mol. The molecule has 0 radical (unpaired) electrons. The summed E-state index contributed by atoms with van der Waals surface area (Å²) >= 11 is 5.70. The van der Waals surface area contributed by atoms with E-state index in [0.29, 0.717) is 0 Å². The number of para-hydroxylation sites is 7. The van der Waals surface area contributed by atoms with Crippen LogP contribution in [0.4, 0.5) is 0 Å². The number of rotatable bonds is 6. The van der Waals surface area contributed by atoms with Crippen LogP contribution in [0.2, 0.25) is 0 Å². The lowest BCUT2D eigenvalue weighted by Gasteiger charge is -2.23. The molecule has 0 N–H and O–H groups in total. The molecule has 0 bridgehead atoms. The van der Waals surface area contributed by atoms with Gasteiger partial charge in [0.05, 0.1) is 47.2 Å². The molecule has 0 unspecified atom stereocenters. The quantitative estimate of drug-likeness (QED) is 0.167. The third-order valence-electron chi connectivity index (χ3n) is 29.6. The van der Waals surface area contributed by atoms with E-state index < -0.39 is 0 Å². The molecule has 31 rings (SSSR count). The molecule has 0 saturated heterocycles. The summed E-state index contributed by atoms with van der Waals surface area (Å²) in [4.78, 5) is 0. The van der Waals surface area contributed by atoms with Crippen LogP contribution in [0.15, 0.2) is 420 Å². The molecule has 9 aromatic heterocycles. The van der Waals surface area contributed by atoms with Crippen LogP contribution in [0.5, 0.6) is 0 Å². The van der Waals surface area contributed by atoms with Gasteiger partial charge in [-0.05, 0) is 200 Å². The Morgan fingerprint density at radius 3 is 0.948 bits per heavy atom. The van der Waals surface area contributed by atoms with E-state index in [-0.39, 0.29) is 10.8 Å². The van der Waals surface area contributed by atoms with Crippen LogP contribution < -0.4 is 0 Å². The standard InChI is InChI=1S/2C45H29NOS.C36H21NOS/c1-45(2)37-24-26(28-13-9-14-35-32-11-4-7-16-40(32)47-43(28)35)18-20-29(37)30-21-19-27(25-38(30)45)46-39-15-6-3-10-31(39)34-22-23-36-33-12-5-8-17-41(33)48-44(36)42(34)46;1-45(2)37-24-27(26-16-22-41-36(23-26)32-10-4-7-13-40(32)47-41)15-18-29(37)30-19-17-28(25-38(30)45)46-39-12-6-3-9-31(39)34-20-21-35-33-11-5-8-14-42(33)48-44(35)43(34)46;1-4-10-31-25(7-1)28-18-19-29-27-9-3-6-12-34(27)39-36(29)35(28)37(31)24-16-13-22(14-17-24)23-15-20-33-30(21-23)26-8-2-5-11-32(26)38-33/h2*3-25H,1-2H3;1-21H. The van der Waals surface area contributed by atoms with Crippen molar-refractivity contribution < 1.29 is 13.3 Å². The van der Waals surface area contributed by atoms with E-state index in [4.69, 9.17) is 13.3 Å². The van der Waals surface area contributed by atoms with Crippen LogP contribution in [0.25, 0.3) is 264 Å². The number of fused-ring (bicyclic) bond motifs is 36. The van der Waals surface area contributed by atoms with Gasteiger partial charge in [0, 0.05) is 145 Å². The van der Waals surface area contributed by atoms with E-state index in [0.717, 1.165) is 71.4 Å². The van der Waals surface area contributed by atoms with Gasteiger partial charge in [-0.15, -0.1) is 34.0 Å². The molecular formula is C126H79N3O3S3. The van der Waals surface area contributed by atoms with E-state index in [1.54, 1.807) is 0 Å². The second-order valence-electron chi connectivity index (χ2n) is 37.5. The first kappa shape index (κ1) is 76.6. The van der Waals surface area contributed by atoms with Crippen LogP contribution in [-0.2, 0) is 10.8 Å². The topological polar surface area (TPSA) is 54.2 Å². The lowest BCUT2D eigenvalue weighted by molar-refractivity contribution is 0.659. The van der Waals surface area contributed by atoms with Crippen molar-refractivity contribution in [1.82, 2.24) is 13.7 Å². The number of hydrogen-bond donors (Lipinski definition) is 0. The lowest BCUT2D eigenvalue weighted by atomic mass is 9.81. The van der Waals surface area contributed by atoms with Gasteiger partial charge in [-0.2, -0.15) is 0 Å². The fourth-order valence-corrected chi connectivity index (χ4v) is 26.9. The molecule has 9 heterocycles. The van der Waals surface area contributed by atoms with Gasteiger partial charge >= 0.3 is 0 Å². The molecule has 0 saturated carbocycles. The highest BCUT2D eigenvalue weighted by Gasteiger charge is 2.39. The Hall–Kier alpha value is -16.1. The normalized spacial score (nSPS) is 13.3. The summed E-state index contributed by atoms with van der Waals surface area (Å²) in [6.07, 6.45) is 0. The second-order valence-corrected chi connectivity index (χ2v) is 40.7. The summed E-state index contributed by atoms with van der Waals surface area (Å²) in [6.45, 7) is 9.52. The second kappa shape index (κ2) is 28.7. The van der Waals surface area contributed by atoms with Crippen molar-refractivity contribution in [3.8, 4) is 72.7 Å². The van der Waals surface area contributed by atoms with Crippen LogP contribution in [0, 0.1) is 0 Å². The molecule has 0 aliphatic heterocycles. The van der Waals surface area contributed by atoms with Crippen molar-refractivity contribution in [3.05, 3.63) is 429 Å². The number of furan rings is 3. The molecule has 634 valence electrons. The molecule has 2 aliphatic rings. The van der Waals surface area contributed by atoms with Crippen molar-refractivity contribution in [2.75, 3.05) is 0 Å². The number of hydrogen-bond acceptors (Lipinski definition) is 6. The van der Waals surface area contributed by atoms with Gasteiger partial charge in [-0.3, -0.25) is 0 Å². The van der Waals surface area contributed by atoms with Gasteiger partial charge in [-0.1, -0.05) is 307 Å². The van der Waals surface area contributed by atoms with Crippen LogP contribution in [0.3, 0.4) is 0 Å².